The molecule has 0 fully saturated rings. The van der Waals surface area contributed by atoms with E-state index >= 15 is 0 Å². The summed E-state index contributed by atoms with van der Waals surface area (Å²) in [6, 6.07) is 13.0. The number of nitrogens with zero attached hydrogens (tertiary/aromatic N) is 2. The highest BCUT2D eigenvalue weighted by molar-refractivity contribution is 7.17. The molecule has 0 bridgehead atoms. The van der Waals surface area contributed by atoms with Crippen molar-refractivity contribution in [3.05, 3.63) is 70.7 Å². The molecule has 1 heterocycles. The van der Waals surface area contributed by atoms with E-state index in [0.717, 1.165) is 29.2 Å². The molecule has 0 saturated carbocycles. The molecule has 3 rings (SSSR count). The topological polar surface area (TPSA) is 45.2 Å². The number of aromatic nitrogens is 1. The summed E-state index contributed by atoms with van der Waals surface area (Å²) in [6.07, 6.45) is 0. The largest absolute Gasteiger partial charge is 0.321 e. The molecule has 2 aromatic carbocycles. The number of hydrogen-bond donors (Lipinski definition) is 1. The van der Waals surface area contributed by atoms with Crippen LogP contribution in [0.5, 0.6) is 0 Å². The Morgan fingerprint density at radius 1 is 1.08 bits per heavy atom. The standard InChI is InChI=1S/C18H15F2N3OS/c1-11-16(17(24)22-15-13(19)9-6-10-14(15)20)25-18(21-11)23(2)12-7-4-3-5-8-12/h3-10H,1-2H3,(H,22,24). The van der Waals surface area contributed by atoms with Crippen LogP contribution >= 0.6 is 11.3 Å². The molecule has 0 unspecified atom stereocenters. The van der Waals surface area contributed by atoms with Crippen molar-refractivity contribution < 1.29 is 13.6 Å². The molecule has 1 aromatic heterocycles. The Labute approximate surface area is 147 Å². The van der Waals surface area contributed by atoms with Gasteiger partial charge in [-0.25, -0.2) is 13.8 Å². The number of para-hydroxylation sites is 2. The summed E-state index contributed by atoms with van der Waals surface area (Å²) in [5.41, 5.74) is 0.957. The maximum absolute atomic E-state index is 13.7. The van der Waals surface area contributed by atoms with Gasteiger partial charge in [0.25, 0.3) is 5.91 Å². The van der Waals surface area contributed by atoms with Crippen LogP contribution in [0.15, 0.2) is 48.5 Å². The maximum atomic E-state index is 13.7. The Bertz CT molecular complexity index is 892. The number of anilines is 3. The van der Waals surface area contributed by atoms with Gasteiger partial charge in [-0.15, -0.1) is 0 Å². The number of carbonyl (C=O) groups excluding carboxylic acids is 1. The van der Waals surface area contributed by atoms with E-state index in [-0.39, 0.29) is 0 Å². The fourth-order valence-corrected chi connectivity index (χ4v) is 3.23. The zero-order valence-electron chi connectivity index (χ0n) is 13.6. The van der Waals surface area contributed by atoms with Crippen molar-refractivity contribution in [1.82, 2.24) is 4.98 Å². The predicted octanol–water partition coefficient (Wildman–Crippen LogP) is 4.75. The first kappa shape index (κ1) is 17.0. The molecular formula is C18H15F2N3OS. The molecule has 3 aromatic rings. The van der Waals surface area contributed by atoms with Crippen molar-refractivity contribution in [2.75, 3.05) is 17.3 Å². The van der Waals surface area contributed by atoms with E-state index in [9.17, 15) is 13.6 Å². The van der Waals surface area contributed by atoms with Gasteiger partial charge in [-0.1, -0.05) is 35.6 Å². The second-order valence-electron chi connectivity index (χ2n) is 5.36. The highest BCUT2D eigenvalue weighted by atomic mass is 32.1. The number of hydrogen-bond acceptors (Lipinski definition) is 4. The lowest BCUT2D eigenvalue weighted by atomic mass is 10.2. The van der Waals surface area contributed by atoms with Crippen LogP contribution in [0.1, 0.15) is 15.4 Å². The minimum Gasteiger partial charge on any atom is -0.321 e. The van der Waals surface area contributed by atoms with Crippen LogP contribution < -0.4 is 10.2 Å². The molecule has 128 valence electrons. The lowest BCUT2D eigenvalue weighted by molar-refractivity contribution is 0.102. The van der Waals surface area contributed by atoms with Gasteiger partial charge in [-0.3, -0.25) is 4.79 Å². The molecule has 0 atom stereocenters. The number of rotatable bonds is 4. The average Bonchev–Trinajstić information content (AvgIpc) is 3.00. The van der Waals surface area contributed by atoms with Crippen molar-refractivity contribution in [2.24, 2.45) is 0 Å². The zero-order valence-corrected chi connectivity index (χ0v) is 14.4. The quantitative estimate of drug-likeness (QED) is 0.731. The van der Waals surface area contributed by atoms with Gasteiger partial charge < -0.3 is 10.2 Å². The Hall–Kier alpha value is -2.80. The highest BCUT2D eigenvalue weighted by Crippen LogP contribution is 2.31. The van der Waals surface area contributed by atoms with Gasteiger partial charge in [0, 0.05) is 12.7 Å². The van der Waals surface area contributed by atoms with Gasteiger partial charge in [-0.05, 0) is 31.2 Å². The molecule has 1 N–H and O–H groups in total. The van der Waals surface area contributed by atoms with Gasteiger partial charge in [0.1, 0.15) is 22.2 Å². The van der Waals surface area contributed by atoms with E-state index in [1.165, 1.54) is 6.07 Å². The summed E-state index contributed by atoms with van der Waals surface area (Å²) in [6.45, 7) is 1.69. The van der Waals surface area contributed by atoms with Crippen LogP contribution in [-0.4, -0.2) is 17.9 Å². The van der Waals surface area contributed by atoms with Gasteiger partial charge >= 0.3 is 0 Å². The van der Waals surface area contributed by atoms with Crippen LogP contribution in [0.25, 0.3) is 0 Å². The molecule has 4 nitrogen and oxygen atoms in total. The van der Waals surface area contributed by atoms with E-state index in [4.69, 9.17) is 0 Å². The molecular weight excluding hydrogens is 344 g/mol. The third-order valence-corrected chi connectivity index (χ3v) is 4.86. The van der Waals surface area contributed by atoms with Crippen LogP contribution in [0.4, 0.5) is 25.3 Å². The fraction of sp³-hybridized carbons (Fsp3) is 0.111. The summed E-state index contributed by atoms with van der Waals surface area (Å²) >= 11 is 1.16. The smallest absolute Gasteiger partial charge is 0.267 e. The number of carbonyl (C=O) groups is 1. The number of aryl methyl sites for hydroxylation is 1. The van der Waals surface area contributed by atoms with Gasteiger partial charge in [0.2, 0.25) is 0 Å². The first-order valence-electron chi connectivity index (χ1n) is 7.49. The Balaban J connectivity index is 1.86. The summed E-state index contributed by atoms with van der Waals surface area (Å²) in [5, 5.41) is 2.90. The molecule has 0 aliphatic carbocycles. The van der Waals surface area contributed by atoms with E-state index < -0.39 is 23.2 Å². The molecule has 0 radical (unpaired) electrons. The third-order valence-electron chi connectivity index (χ3n) is 3.62. The third kappa shape index (κ3) is 3.51. The highest BCUT2D eigenvalue weighted by Gasteiger charge is 2.20. The Morgan fingerprint density at radius 2 is 1.72 bits per heavy atom. The SMILES string of the molecule is Cc1nc(N(C)c2ccccc2)sc1C(=O)Nc1c(F)cccc1F. The Morgan fingerprint density at radius 3 is 2.36 bits per heavy atom. The number of benzene rings is 2. The maximum Gasteiger partial charge on any atom is 0.267 e. The molecule has 0 aliphatic rings. The lowest BCUT2D eigenvalue weighted by Crippen LogP contribution is -2.14. The fourth-order valence-electron chi connectivity index (χ4n) is 2.29. The molecule has 7 heteroatoms. The normalized spacial score (nSPS) is 10.6. The zero-order chi connectivity index (χ0) is 18.0. The van der Waals surface area contributed by atoms with Crippen LogP contribution in [-0.2, 0) is 0 Å². The van der Waals surface area contributed by atoms with Crippen molar-refractivity contribution in [1.29, 1.82) is 0 Å². The minimum atomic E-state index is -0.822. The number of thiazole rings is 1. The summed E-state index contributed by atoms with van der Waals surface area (Å²) in [4.78, 5) is 19.0. The molecule has 0 spiro atoms. The van der Waals surface area contributed by atoms with Crippen molar-refractivity contribution in [3.8, 4) is 0 Å². The van der Waals surface area contributed by atoms with Crippen LogP contribution in [0, 0.1) is 18.6 Å². The summed E-state index contributed by atoms with van der Waals surface area (Å²) in [5.74, 6) is -2.24. The van der Waals surface area contributed by atoms with Gasteiger partial charge in [0.15, 0.2) is 5.13 Å². The average molecular weight is 359 g/mol. The van der Waals surface area contributed by atoms with E-state index in [1.54, 1.807) is 6.92 Å². The van der Waals surface area contributed by atoms with Gasteiger partial charge in [-0.2, -0.15) is 0 Å². The van der Waals surface area contributed by atoms with E-state index in [2.05, 4.69) is 10.3 Å². The monoisotopic (exact) mass is 359 g/mol. The van der Waals surface area contributed by atoms with Crippen molar-refractivity contribution >= 4 is 33.8 Å². The second kappa shape index (κ2) is 6.98. The summed E-state index contributed by atoms with van der Waals surface area (Å²) in [7, 11) is 1.84. The molecule has 1 amide bonds. The van der Waals surface area contributed by atoms with Gasteiger partial charge in [0.05, 0.1) is 5.69 Å². The first-order chi connectivity index (χ1) is 12.0. The number of halogens is 2. The number of nitrogens with one attached hydrogen (secondary N) is 1. The summed E-state index contributed by atoms with van der Waals surface area (Å²) < 4.78 is 27.4. The Kier molecular flexibility index (Phi) is 4.76. The lowest BCUT2D eigenvalue weighted by Gasteiger charge is -2.15. The number of amides is 1. The first-order valence-corrected chi connectivity index (χ1v) is 8.30. The second-order valence-corrected chi connectivity index (χ2v) is 6.33. The van der Waals surface area contributed by atoms with Crippen LogP contribution in [0.3, 0.4) is 0 Å². The minimum absolute atomic E-state index is 0.306. The van der Waals surface area contributed by atoms with Crippen molar-refractivity contribution in [3.63, 3.8) is 0 Å². The molecule has 0 aliphatic heterocycles. The molecule has 25 heavy (non-hydrogen) atoms. The predicted molar refractivity (Wildman–Crippen MR) is 95.7 cm³/mol. The van der Waals surface area contributed by atoms with Crippen LogP contribution in [0.2, 0.25) is 0 Å². The van der Waals surface area contributed by atoms with E-state index in [1.807, 2.05) is 42.3 Å². The van der Waals surface area contributed by atoms with Crippen molar-refractivity contribution in [2.45, 2.75) is 6.92 Å². The molecule has 0 saturated heterocycles. The van der Waals surface area contributed by atoms with E-state index in [0.29, 0.717) is 15.7 Å².